The molecule has 0 radical (unpaired) electrons. The highest BCUT2D eigenvalue weighted by Gasteiger charge is 2.10. The number of benzene rings is 1. The van der Waals surface area contributed by atoms with Crippen molar-refractivity contribution < 1.29 is 9.53 Å². The molecule has 0 aromatic heterocycles. The number of carbonyl (C=O) groups is 1. The van der Waals surface area contributed by atoms with Gasteiger partial charge in [-0.1, -0.05) is 18.7 Å². The van der Waals surface area contributed by atoms with Crippen LogP contribution in [0.5, 0.6) is 0 Å². The predicted octanol–water partition coefficient (Wildman–Crippen LogP) is 2.38. The van der Waals surface area contributed by atoms with Crippen molar-refractivity contribution in [3.63, 3.8) is 0 Å². The van der Waals surface area contributed by atoms with E-state index in [1.165, 1.54) is 0 Å². The van der Waals surface area contributed by atoms with Crippen LogP contribution in [0.25, 0.3) is 0 Å². The van der Waals surface area contributed by atoms with Gasteiger partial charge in [-0.2, -0.15) is 5.26 Å². The van der Waals surface area contributed by atoms with Crippen LogP contribution in [-0.4, -0.2) is 12.6 Å². The van der Waals surface area contributed by atoms with Crippen molar-refractivity contribution in [2.45, 2.75) is 13.3 Å². The molecule has 0 aliphatic heterocycles. The maximum absolute atomic E-state index is 11.5. The minimum Gasteiger partial charge on any atom is -0.462 e. The fraction of sp³-hybridized carbons (Fsp3) is 0.214. The van der Waals surface area contributed by atoms with E-state index >= 15 is 0 Å². The van der Waals surface area contributed by atoms with E-state index in [0.717, 1.165) is 5.56 Å². The summed E-state index contributed by atoms with van der Waals surface area (Å²) in [5.74, 6) is -0.396. The van der Waals surface area contributed by atoms with Gasteiger partial charge in [-0.25, -0.2) is 4.79 Å². The third-order valence-corrected chi connectivity index (χ3v) is 2.20. The summed E-state index contributed by atoms with van der Waals surface area (Å²) in [5, 5.41) is 8.66. The Morgan fingerprint density at radius 3 is 2.53 bits per heavy atom. The fourth-order valence-corrected chi connectivity index (χ4v) is 1.33. The van der Waals surface area contributed by atoms with E-state index in [4.69, 9.17) is 10.00 Å². The number of esters is 1. The Kier molecular flexibility index (Phi) is 4.75. The number of hydrogen-bond donors (Lipinski definition) is 0. The first-order valence-corrected chi connectivity index (χ1v) is 5.26. The van der Waals surface area contributed by atoms with E-state index in [0.29, 0.717) is 24.2 Å². The summed E-state index contributed by atoms with van der Waals surface area (Å²) in [6.45, 7) is 5.56. The molecule has 17 heavy (non-hydrogen) atoms. The molecule has 0 saturated heterocycles. The second kappa shape index (κ2) is 6.32. The summed E-state index contributed by atoms with van der Waals surface area (Å²) >= 11 is 0. The van der Waals surface area contributed by atoms with E-state index in [1.807, 2.05) is 6.07 Å². The lowest BCUT2D eigenvalue weighted by Crippen LogP contribution is -2.09. The average Bonchev–Trinajstić information content (AvgIpc) is 2.37. The van der Waals surface area contributed by atoms with Crippen LogP contribution in [0.1, 0.15) is 18.1 Å². The number of ether oxygens (including phenoxy) is 1. The smallest absolute Gasteiger partial charge is 0.342 e. The zero-order chi connectivity index (χ0) is 12.7. The van der Waals surface area contributed by atoms with Gasteiger partial charge in [0, 0.05) is 6.42 Å². The van der Waals surface area contributed by atoms with Crippen LogP contribution < -0.4 is 0 Å². The van der Waals surface area contributed by atoms with Gasteiger partial charge in [0.15, 0.2) is 0 Å². The molecule has 0 spiro atoms. The van der Waals surface area contributed by atoms with Gasteiger partial charge in [-0.3, -0.25) is 0 Å². The zero-order valence-corrected chi connectivity index (χ0v) is 9.69. The first-order chi connectivity index (χ1) is 8.21. The Balaban J connectivity index is 2.79. The third-order valence-electron chi connectivity index (χ3n) is 2.20. The lowest BCUT2D eigenvalue weighted by molar-refractivity contribution is -0.138. The number of nitriles is 1. The van der Waals surface area contributed by atoms with Crippen LogP contribution in [0.3, 0.4) is 0 Å². The van der Waals surface area contributed by atoms with Crippen molar-refractivity contribution in [3.8, 4) is 6.07 Å². The van der Waals surface area contributed by atoms with Gasteiger partial charge >= 0.3 is 5.97 Å². The monoisotopic (exact) mass is 227 g/mol. The van der Waals surface area contributed by atoms with Gasteiger partial charge in [-0.05, 0) is 24.6 Å². The molecule has 0 bridgehead atoms. The van der Waals surface area contributed by atoms with Gasteiger partial charge in [0.05, 0.1) is 23.8 Å². The van der Waals surface area contributed by atoms with Crippen LogP contribution in [-0.2, 0) is 16.0 Å². The third kappa shape index (κ3) is 3.64. The van der Waals surface area contributed by atoms with E-state index in [-0.39, 0.29) is 0 Å². The highest BCUT2D eigenvalue weighted by atomic mass is 16.5. The molecule has 1 rings (SSSR count). The van der Waals surface area contributed by atoms with Crippen LogP contribution in [0.15, 0.2) is 42.1 Å². The summed E-state index contributed by atoms with van der Waals surface area (Å²) in [6.07, 6.45) is 0.411. The first-order valence-electron chi connectivity index (χ1n) is 5.26. The van der Waals surface area contributed by atoms with Gasteiger partial charge in [0.2, 0.25) is 0 Å². The van der Waals surface area contributed by atoms with E-state index in [1.54, 1.807) is 31.2 Å². The number of carbonyl (C=O) groups excluding carboxylic acids is 1. The van der Waals surface area contributed by atoms with Crippen LogP contribution in [0.4, 0.5) is 0 Å². The first kappa shape index (κ1) is 12.8. The minimum atomic E-state index is -0.396. The summed E-state index contributed by atoms with van der Waals surface area (Å²) < 4.78 is 4.88. The van der Waals surface area contributed by atoms with Crippen LogP contribution in [0, 0.1) is 11.3 Å². The molecule has 0 unspecified atom stereocenters. The topological polar surface area (TPSA) is 50.1 Å². The highest BCUT2D eigenvalue weighted by molar-refractivity contribution is 5.88. The number of nitrogens with zero attached hydrogens (tertiary/aromatic N) is 1. The van der Waals surface area contributed by atoms with Crippen molar-refractivity contribution in [3.05, 3.63) is 53.3 Å². The maximum Gasteiger partial charge on any atom is 0.342 e. The molecule has 0 aliphatic carbocycles. The van der Waals surface area contributed by atoms with Crippen molar-refractivity contribution in [1.82, 2.24) is 0 Å². The maximum atomic E-state index is 11.5. The standard InChI is InChI=1S/C14H13NO2/c1-3-13(14(16)17-4-2)9-11-5-7-12(10-15)8-6-11/h5-8H,1,4,9H2,2H3. The van der Waals surface area contributed by atoms with E-state index in [9.17, 15) is 4.79 Å². The largest absolute Gasteiger partial charge is 0.462 e. The average molecular weight is 227 g/mol. The predicted molar refractivity (Wildman–Crippen MR) is 64.1 cm³/mol. The van der Waals surface area contributed by atoms with E-state index < -0.39 is 5.97 Å². The Hall–Kier alpha value is -2.30. The molecule has 0 fully saturated rings. The number of rotatable bonds is 4. The molecule has 1 aromatic carbocycles. The second-order valence-electron chi connectivity index (χ2n) is 3.36. The molecule has 3 heteroatoms. The van der Waals surface area contributed by atoms with Gasteiger partial charge in [0.1, 0.15) is 0 Å². The Bertz CT molecular complexity index is 488. The molecular formula is C14H13NO2. The molecule has 0 heterocycles. The molecule has 0 atom stereocenters. The summed E-state index contributed by atoms with van der Waals surface area (Å²) in [6, 6.07) is 9.06. The lowest BCUT2D eigenvalue weighted by atomic mass is 10.0. The quantitative estimate of drug-likeness (QED) is 0.451. The zero-order valence-electron chi connectivity index (χ0n) is 9.69. The molecule has 0 aliphatic rings. The normalized spacial score (nSPS) is 8.94. The van der Waals surface area contributed by atoms with Gasteiger partial charge in [0.25, 0.3) is 0 Å². The molecule has 0 amide bonds. The van der Waals surface area contributed by atoms with Crippen LogP contribution in [0.2, 0.25) is 0 Å². The molecular weight excluding hydrogens is 214 g/mol. The minimum absolute atomic E-state index is 0.331. The van der Waals surface area contributed by atoms with Gasteiger partial charge in [-0.15, -0.1) is 5.73 Å². The molecule has 3 nitrogen and oxygen atoms in total. The Labute approximate surface area is 101 Å². The van der Waals surface area contributed by atoms with Crippen molar-refractivity contribution in [1.29, 1.82) is 5.26 Å². The van der Waals surface area contributed by atoms with E-state index in [2.05, 4.69) is 12.3 Å². The van der Waals surface area contributed by atoms with Crippen molar-refractivity contribution in [2.24, 2.45) is 0 Å². The van der Waals surface area contributed by atoms with Gasteiger partial charge < -0.3 is 4.74 Å². The Morgan fingerprint density at radius 2 is 2.06 bits per heavy atom. The summed E-state index contributed by atoms with van der Waals surface area (Å²) in [5.41, 5.74) is 4.50. The van der Waals surface area contributed by atoms with Crippen LogP contribution >= 0.6 is 0 Å². The molecule has 1 aromatic rings. The summed E-state index contributed by atoms with van der Waals surface area (Å²) in [4.78, 5) is 11.5. The highest BCUT2D eigenvalue weighted by Crippen LogP contribution is 2.10. The second-order valence-corrected chi connectivity index (χ2v) is 3.36. The van der Waals surface area contributed by atoms with Crippen molar-refractivity contribution >= 4 is 5.97 Å². The SMILES string of the molecule is C=C=C(Cc1ccc(C#N)cc1)C(=O)OCC. The molecule has 0 saturated carbocycles. The molecule has 0 N–H and O–H groups in total. The van der Waals surface area contributed by atoms with Crippen molar-refractivity contribution in [2.75, 3.05) is 6.61 Å². The summed E-state index contributed by atoms with van der Waals surface area (Å²) in [7, 11) is 0. The lowest BCUT2D eigenvalue weighted by Gasteiger charge is -2.04. The Morgan fingerprint density at radius 1 is 1.41 bits per heavy atom. The number of hydrogen-bond acceptors (Lipinski definition) is 3. The fourth-order valence-electron chi connectivity index (χ4n) is 1.33. The molecule has 86 valence electrons.